The fourth-order valence-corrected chi connectivity index (χ4v) is 3.35. The number of amides is 2. The number of nitrogens with zero attached hydrogens (tertiary/aromatic N) is 2. The number of benzene rings is 2. The van der Waals surface area contributed by atoms with E-state index >= 15 is 0 Å². The largest absolute Gasteiger partial charge is 0.502 e. The molecular formula is C23H19ClN4O4. The number of nitrogens with one attached hydrogen (secondary N) is 2. The van der Waals surface area contributed by atoms with Crippen LogP contribution >= 0.6 is 11.6 Å². The maximum absolute atomic E-state index is 12.0. The number of anilines is 1. The van der Waals surface area contributed by atoms with Crippen molar-refractivity contribution >= 4 is 39.9 Å². The molecule has 3 aromatic rings. The zero-order valence-electron chi connectivity index (χ0n) is 16.9. The van der Waals surface area contributed by atoms with Gasteiger partial charge in [-0.15, -0.1) is 0 Å². The molecule has 1 saturated carbocycles. The van der Waals surface area contributed by atoms with E-state index in [1.807, 2.05) is 0 Å². The molecule has 0 radical (unpaired) electrons. The molecule has 1 aliphatic heterocycles. The van der Waals surface area contributed by atoms with Crippen molar-refractivity contribution < 1.29 is 19.0 Å². The smallest absolute Gasteiger partial charge is 0.319 e. The summed E-state index contributed by atoms with van der Waals surface area (Å²) < 4.78 is 16.9. The van der Waals surface area contributed by atoms with Gasteiger partial charge in [-0.1, -0.05) is 11.6 Å². The quantitative estimate of drug-likeness (QED) is 0.377. The van der Waals surface area contributed by atoms with Gasteiger partial charge in [-0.2, -0.15) is 0 Å². The number of epoxide rings is 1. The average Bonchev–Trinajstić information content (AvgIpc) is 3.70. The average molecular weight is 451 g/mol. The van der Waals surface area contributed by atoms with Crippen molar-refractivity contribution in [1.29, 1.82) is 0 Å². The van der Waals surface area contributed by atoms with Crippen molar-refractivity contribution in [1.82, 2.24) is 10.3 Å². The van der Waals surface area contributed by atoms with E-state index in [0.717, 1.165) is 12.8 Å². The van der Waals surface area contributed by atoms with Gasteiger partial charge in [0, 0.05) is 23.7 Å². The summed E-state index contributed by atoms with van der Waals surface area (Å²) in [5.74, 6) is 1.49. The molecule has 0 spiro atoms. The maximum atomic E-state index is 12.0. The van der Waals surface area contributed by atoms with Crippen molar-refractivity contribution in [2.45, 2.75) is 25.0 Å². The zero-order valence-corrected chi connectivity index (χ0v) is 17.7. The molecular weight excluding hydrogens is 432 g/mol. The fraction of sp³-hybridized carbons (Fsp3) is 0.261. The van der Waals surface area contributed by atoms with Crippen molar-refractivity contribution in [3.05, 3.63) is 59.0 Å². The number of rotatable bonds is 7. The van der Waals surface area contributed by atoms with Crippen LogP contribution in [0.15, 0.2) is 42.6 Å². The molecule has 2 aliphatic rings. The number of hydrogen-bond acceptors (Lipinski definition) is 5. The van der Waals surface area contributed by atoms with Crippen molar-refractivity contribution in [2.75, 3.05) is 18.5 Å². The van der Waals surface area contributed by atoms with E-state index in [4.69, 9.17) is 32.4 Å². The van der Waals surface area contributed by atoms with Crippen molar-refractivity contribution in [2.24, 2.45) is 0 Å². The Labute approximate surface area is 189 Å². The minimum Gasteiger partial charge on any atom is -0.502 e. The van der Waals surface area contributed by atoms with E-state index in [2.05, 4.69) is 20.5 Å². The van der Waals surface area contributed by atoms with E-state index in [9.17, 15) is 4.79 Å². The van der Waals surface area contributed by atoms with E-state index in [1.165, 1.54) is 0 Å². The Bertz CT molecular complexity index is 1230. The normalized spacial score (nSPS) is 16.8. The molecule has 2 N–H and O–H groups in total. The van der Waals surface area contributed by atoms with Crippen LogP contribution in [0.2, 0.25) is 5.02 Å². The molecule has 1 saturated heterocycles. The molecule has 162 valence electrons. The van der Waals surface area contributed by atoms with E-state index < -0.39 is 0 Å². The highest BCUT2D eigenvalue weighted by Gasteiger charge is 2.24. The summed E-state index contributed by atoms with van der Waals surface area (Å²) in [5.41, 5.74) is 1.51. The van der Waals surface area contributed by atoms with Gasteiger partial charge in [0.2, 0.25) is 5.69 Å². The Morgan fingerprint density at radius 1 is 1.25 bits per heavy atom. The monoisotopic (exact) mass is 450 g/mol. The summed E-state index contributed by atoms with van der Waals surface area (Å²) in [7, 11) is 0. The van der Waals surface area contributed by atoms with Crippen LogP contribution in [0.4, 0.5) is 16.2 Å². The number of ether oxygens (including phenoxy) is 3. The van der Waals surface area contributed by atoms with Crippen LogP contribution in [0.1, 0.15) is 12.8 Å². The number of aromatic nitrogens is 1. The maximum Gasteiger partial charge on any atom is 0.319 e. The third-order valence-electron chi connectivity index (χ3n) is 5.06. The minimum atomic E-state index is -0.277. The zero-order chi connectivity index (χ0) is 22.1. The molecule has 5 rings (SSSR count). The van der Waals surface area contributed by atoms with E-state index in [1.54, 1.807) is 42.6 Å². The van der Waals surface area contributed by atoms with Gasteiger partial charge in [-0.25, -0.2) is 9.64 Å². The van der Waals surface area contributed by atoms with Crippen LogP contribution in [-0.4, -0.2) is 36.4 Å². The van der Waals surface area contributed by atoms with Crippen LogP contribution < -0.4 is 20.1 Å². The van der Waals surface area contributed by atoms with Crippen LogP contribution in [0.25, 0.3) is 15.7 Å². The summed E-state index contributed by atoms with van der Waals surface area (Å²) in [5, 5.41) is 6.62. The molecule has 1 aliphatic carbocycles. The lowest BCUT2D eigenvalue weighted by atomic mass is 10.1. The lowest BCUT2D eigenvalue weighted by Gasteiger charge is -2.13. The minimum absolute atomic E-state index is 0.0916. The second-order valence-electron chi connectivity index (χ2n) is 7.64. The predicted molar refractivity (Wildman–Crippen MR) is 120 cm³/mol. The number of halogens is 1. The molecule has 8 nitrogen and oxygen atoms in total. The molecule has 0 unspecified atom stereocenters. The Morgan fingerprint density at radius 2 is 2.09 bits per heavy atom. The van der Waals surface area contributed by atoms with E-state index in [0.29, 0.717) is 57.8 Å². The van der Waals surface area contributed by atoms with Gasteiger partial charge < -0.3 is 24.8 Å². The topological polar surface area (TPSA) is 89.4 Å². The first-order chi connectivity index (χ1) is 15.6. The molecule has 0 bridgehead atoms. The highest BCUT2D eigenvalue weighted by atomic mass is 35.5. The van der Waals surface area contributed by atoms with Gasteiger partial charge in [0.15, 0.2) is 0 Å². The molecule has 1 atom stereocenters. The molecule has 1 aromatic heterocycles. The van der Waals surface area contributed by atoms with Crippen LogP contribution in [0, 0.1) is 6.57 Å². The first kappa shape index (κ1) is 20.4. The summed E-state index contributed by atoms with van der Waals surface area (Å²) >= 11 is 6.34. The summed E-state index contributed by atoms with van der Waals surface area (Å²) in [6, 6.07) is 10.2. The number of fused-ring (bicyclic) bond motifs is 1. The van der Waals surface area contributed by atoms with Gasteiger partial charge in [0.25, 0.3) is 0 Å². The highest BCUT2D eigenvalue weighted by Crippen LogP contribution is 2.38. The van der Waals surface area contributed by atoms with Crippen molar-refractivity contribution in [3.8, 4) is 17.2 Å². The molecule has 9 heteroatoms. The van der Waals surface area contributed by atoms with Gasteiger partial charge in [0.05, 0.1) is 29.4 Å². The van der Waals surface area contributed by atoms with Gasteiger partial charge >= 0.3 is 6.03 Å². The molecule has 2 fully saturated rings. The Balaban J connectivity index is 1.36. The third-order valence-corrected chi connectivity index (χ3v) is 5.37. The predicted octanol–water partition coefficient (Wildman–Crippen LogP) is 5.29. The van der Waals surface area contributed by atoms with Crippen molar-refractivity contribution in [3.63, 3.8) is 0 Å². The summed E-state index contributed by atoms with van der Waals surface area (Å²) in [4.78, 5) is 19.9. The summed E-state index contributed by atoms with van der Waals surface area (Å²) in [6.45, 7) is 8.59. The Kier molecular flexibility index (Phi) is 5.43. The lowest BCUT2D eigenvalue weighted by molar-refractivity contribution is 0.251. The Morgan fingerprint density at radius 3 is 2.81 bits per heavy atom. The van der Waals surface area contributed by atoms with Gasteiger partial charge in [-0.05, 0) is 43.2 Å². The molecule has 2 aromatic carbocycles. The number of hydrogen-bond donors (Lipinski definition) is 2. The number of pyridine rings is 1. The van der Waals surface area contributed by atoms with E-state index in [-0.39, 0.29) is 18.2 Å². The Hall–Kier alpha value is -3.54. The fourth-order valence-electron chi connectivity index (χ4n) is 3.13. The first-order valence-electron chi connectivity index (χ1n) is 10.2. The van der Waals surface area contributed by atoms with Gasteiger partial charge in [-0.3, -0.25) is 4.98 Å². The third kappa shape index (κ3) is 4.69. The summed E-state index contributed by atoms with van der Waals surface area (Å²) in [6.07, 6.45) is 3.73. The molecule has 2 amide bonds. The van der Waals surface area contributed by atoms with Crippen LogP contribution in [0.5, 0.6) is 17.2 Å². The standard InChI is InChI=1S/C23H19ClN4O4/c1-25-20-9-16-19(10-22(20)31-12-15-11-30-15)26-7-6-21(16)32-14-4-5-18(17(24)8-14)28-23(29)27-13-2-3-13/h4-10,13,15H,2-3,11-12H2,(H2,27,28,29)/t15-/m1/s1. The number of carbonyl (C=O) groups excluding carboxylic acids is 1. The van der Waals surface area contributed by atoms with Crippen LogP contribution in [0.3, 0.4) is 0 Å². The van der Waals surface area contributed by atoms with Gasteiger partial charge in [0.1, 0.15) is 30.0 Å². The second-order valence-corrected chi connectivity index (χ2v) is 8.05. The second kappa shape index (κ2) is 8.54. The lowest BCUT2D eigenvalue weighted by Crippen LogP contribution is -2.30. The number of carbonyl (C=O) groups is 1. The highest BCUT2D eigenvalue weighted by molar-refractivity contribution is 6.33. The molecule has 2 heterocycles. The number of urea groups is 1. The first-order valence-corrected chi connectivity index (χ1v) is 10.6. The molecule has 32 heavy (non-hydrogen) atoms. The van der Waals surface area contributed by atoms with Crippen LogP contribution in [-0.2, 0) is 4.74 Å². The SMILES string of the molecule is [C-]#[N+]c1cc2c(Oc3ccc(NC(=O)NC4CC4)c(Cl)c3)ccnc2cc1OC[C@H]1CO1.